The van der Waals surface area contributed by atoms with Gasteiger partial charge in [-0.25, -0.2) is 4.39 Å². The molecule has 0 N–H and O–H groups in total. The number of rotatable bonds is 8. The van der Waals surface area contributed by atoms with Crippen molar-refractivity contribution < 1.29 is 13.9 Å². The third-order valence-corrected chi connectivity index (χ3v) is 3.40. The Bertz CT molecular complexity index is 441. The molecule has 1 atom stereocenters. The molecule has 0 radical (unpaired) electrons. The molecule has 1 unspecified atom stereocenters. The number of ether oxygens (including phenoxy) is 2. The second-order valence-corrected chi connectivity index (χ2v) is 4.83. The van der Waals surface area contributed by atoms with Crippen LogP contribution in [0.25, 0.3) is 0 Å². The summed E-state index contributed by atoms with van der Waals surface area (Å²) < 4.78 is 24.7. The van der Waals surface area contributed by atoms with Gasteiger partial charge in [0.05, 0.1) is 14.2 Å². The highest BCUT2D eigenvalue weighted by Crippen LogP contribution is 2.36. The van der Waals surface area contributed by atoms with E-state index >= 15 is 0 Å². The van der Waals surface area contributed by atoms with E-state index in [0.29, 0.717) is 17.1 Å². The van der Waals surface area contributed by atoms with E-state index in [9.17, 15) is 4.39 Å². The lowest BCUT2D eigenvalue weighted by molar-refractivity contribution is 0.350. The van der Waals surface area contributed by atoms with Crippen molar-refractivity contribution in [1.29, 1.82) is 0 Å². The molecule has 0 saturated heterocycles. The van der Waals surface area contributed by atoms with Crippen molar-refractivity contribution in [2.75, 3.05) is 14.2 Å². The molecule has 0 aromatic heterocycles. The lowest BCUT2D eigenvalue weighted by atomic mass is 9.90. The highest BCUT2D eigenvalue weighted by atomic mass is 19.1. The lowest BCUT2D eigenvalue weighted by Gasteiger charge is -2.18. The standard InChI is InChI=1S/C17H25FO2/c1-5-7-8-10-13(9-6-2)14-11-16(19-3)17(20-4)12-15(14)18/h7-8,11-13H,5-6,9-10H2,1-4H3/b8-7-. The molecule has 0 aliphatic rings. The molecule has 0 bridgehead atoms. The summed E-state index contributed by atoms with van der Waals surface area (Å²) in [6.45, 7) is 4.22. The van der Waals surface area contributed by atoms with Crippen LogP contribution in [0.5, 0.6) is 11.5 Å². The Balaban J connectivity index is 3.08. The number of halogens is 1. The average Bonchev–Trinajstić information content (AvgIpc) is 2.46. The SMILES string of the molecule is CC/C=C\CC(CCC)c1cc(OC)c(OC)cc1F. The quantitative estimate of drug-likeness (QED) is 0.618. The largest absolute Gasteiger partial charge is 0.493 e. The second kappa shape index (κ2) is 8.62. The summed E-state index contributed by atoms with van der Waals surface area (Å²) in [5, 5.41) is 0. The molecular weight excluding hydrogens is 255 g/mol. The summed E-state index contributed by atoms with van der Waals surface area (Å²) in [7, 11) is 3.09. The molecular formula is C17H25FO2. The van der Waals surface area contributed by atoms with Crippen molar-refractivity contribution in [3.63, 3.8) is 0 Å². The van der Waals surface area contributed by atoms with Crippen LogP contribution in [0, 0.1) is 5.82 Å². The van der Waals surface area contributed by atoms with Crippen molar-refractivity contribution in [2.45, 2.75) is 45.4 Å². The first-order chi connectivity index (χ1) is 9.67. The van der Waals surface area contributed by atoms with Crippen LogP contribution >= 0.6 is 0 Å². The zero-order chi connectivity index (χ0) is 15.0. The Morgan fingerprint density at radius 2 is 1.75 bits per heavy atom. The Labute approximate surface area is 121 Å². The summed E-state index contributed by atoms with van der Waals surface area (Å²) in [4.78, 5) is 0. The molecule has 1 aromatic rings. The van der Waals surface area contributed by atoms with Gasteiger partial charge < -0.3 is 9.47 Å². The molecule has 0 aliphatic carbocycles. The monoisotopic (exact) mass is 280 g/mol. The van der Waals surface area contributed by atoms with Gasteiger partial charge in [0, 0.05) is 6.07 Å². The lowest BCUT2D eigenvalue weighted by Crippen LogP contribution is -2.03. The second-order valence-electron chi connectivity index (χ2n) is 4.83. The molecule has 0 aliphatic heterocycles. The van der Waals surface area contributed by atoms with Crippen LogP contribution in [0.4, 0.5) is 4.39 Å². The average molecular weight is 280 g/mol. The van der Waals surface area contributed by atoms with E-state index in [2.05, 4.69) is 26.0 Å². The summed E-state index contributed by atoms with van der Waals surface area (Å²) in [5.41, 5.74) is 0.713. The van der Waals surface area contributed by atoms with Crippen LogP contribution < -0.4 is 9.47 Å². The van der Waals surface area contributed by atoms with Gasteiger partial charge in [-0.05, 0) is 36.8 Å². The first kappa shape index (κ1) is 16.5. The van der Waals surface area contributed by atoms with Gasteiger partial charge in [0.1, 0.15) is 5.82 Å². The maximum Gasteiger partial charge on any atom is 0.163 e. The fourth-order valence-corrected chi connectivity index (χ4v) is 2.36. The van der Waals surface area contributed by atoms with Crippen molar-refractivity contribution in [1.82, 2.24) is 0 Å². The molecule has 0 spiro atoms. The molecule has 0 fully saturated rings. The summed E-state index contributed by atoms with van der Waals surface area (Å²) >= 11 is 0. The highest BCUT2D eigenvalue weighted by Gasteiger charge is 2.18. The van der Waals surface area contributed by atoms with Crippen LogP contribution in [0.2, 0.25) is 0 Å². The minimum atomic E-state index is -0.217. The molecule has 0 amide bonds. The van der Waals surface area contributed by atoms with Crippen LogP contribution in [0.3, 0.4) is 0 Å². The van der Waals surface area contributed by atoms with Gasteiger partial charge >= 0.3 is 0 Å². The minimum Gasteiger partial charge on any atom is -0.493 e. The fourth-order valence-electron chi connectivity index (χ4n) is 2.36. The summed E-state index contributed by atoms with van der Waals surface area (Å²) in [6.07, 6.45) is 8.11. The maximum atomic E-state index is 14.3. The zero-order valence-electron chi connectivity index (χ0n) is 12.9. The Hall–Kier alpha value is -1.51. The number of methoxy groups -OCH3 is 2. The van der Waals surface area contributed by atoms with Crippen LogP contribution in [-0.2, 0) is 0 Å². The molecule has 1 rings (SSSR count). The number of hydrogen-bond donors (Lipinski definition) is 0. The van der Waals surface area contributed by atoms with Gasteiger partial charge in [-0.3, -0.25) is 0 Å². The van der Waals surface area contributed by atoms with Gasteiger partial charge in [-0.15, -0.1) is 0 Å². The predicted molar refractivity (Wildman–Crippen MR) is 81.2 cm³/mol. The van der Waals surface area contributed by atoms with Gasteiger partial charge in [-0.2, -0.15) is 0 Å². The number of benzene rings is 1. The van der Waals surface area contributed by atoms with E-state index in [0.717, 1.165) is 25.7 Å². The maximum absolute atomic E-state index is 14.3. The topological polar surface area (TPSA) is 18.5 Å². The molecule has 0 saturated carbocycles. The Morgan fingerprint density at radius 3 is 2.30 bits per heavy atom. The Morgan fingerprint density at radius 1 is 1.10 bits per heavy atom. The predicted octanol–water partition coefficient (Wildman–Crippen LogP) is 5.08. The van der Waals surface area contributed by atoms with Crippen LogP contribution in [0.15, 0.2) is 24.3 Å². The van der Waals surface area contributed by atoms with E-state index in [1.807, 2.05) is 0 Å². The zero-order valence-corrected chi connectivity index (χ0v) is 12.9. The van der Waals surface area contributed by atoms with Crippen molar-refractivity contribution in [3.8, 4) is 11.5 Å². The Kier molecular flexibility index (Phi) is 7.13. The fraction of sp³-hybridized carbons (Fsp3) is 0.529. The number of hydrogen-bond acceptors (Lipinski definition) is 2. The number of allylic oxidation sites excluding steroid dienone is 2. The van der Waals surface area contributed by atoms with Gasteiger partial charge in [0.15, 0.2) is 11.5 Å². The summed E-state index contributed by atoms with van der Waals surface area (Å²) in [5.74, 6) is 0.992. The van der Waals surface area contributed by atoms with E-state index in [-0.39, 0.29) is 11.7 Å². The first-order valence-electron chi connectivity index (χ1n) is 7.24. The molecule has 112 valence electrons. The van der Waals surface area contributed by atoms with Crippen LogP contribution in [-0.4, -0.2) is 14.2 Å². The highest BCUT2D eigenvalue weighted by molar-refractivity contribution is 5.45. The molecule has 3 heteroatoms. The van der Waals surface area contributed by atoms with Crippen molar-refractivity contribution >= 4 is 0 Å². The van der Waals surface area contributed by atoms with Gasteiger partial charge in [0.2, 0.25) is 0 Å². The smallest absolute Gasteiger partial charge is 0.163 e. The minimum absolute atomic E-state index is 0.183. The van der Waals surface area contributed by atoms with E-state index < -0.39 is 0 Å². The molecule has 1 aromatic carbocycles. The third-order valence-electron chi connectivity index (χ3n) is 3.40. The van der Waals surface area contributed by atoms with Crippen molar-refractivity contribution in [2.24, 2.45) is 0 Å². The van der Waals surface area contributed by atoms with E-state index in [1.54, 1.807) is 13.2 Å². The van der Waals surface area contributed by atoms with Crippen molar-refractivity contribution in [3.05, 3.63) is 35.7 Å². The molecule has 2 nitrogen and oxygen atoms in total. The van der Waals surface area contributed by atoms with Crippen LogP contribution in [0.1, 0.15) is 51.0 Å². The molecule has 0 heterocycles. The molecule has 20 heavy (non-hydrogen) atoms. The normalized spacial score (nSPS) is 12.7. The van der Waals surface area contributed by atoms with Gasteiger partial charge in [0.25, 0.3) is 0 Å². The summed E-state index contributed by atoms with van der Waals surface area (Å²) in [6, 6.07) is 3.19. The van der Waals surface area contributed by atoms with E-state index in [1.165, 1.54) is 13.2 Å². The third kappa shape index (κ3) is 4.26. The first-order valence-corrected chi connectivity index (χ1v) is 7.24. The van der Waals surface area contributed by atoms with Gasteiger partial charge in [-0.1, -0.05) is 32.4 Å². The van der Waals surface area contributed by atoms with E-state index in [4.69, 9.17) is 9.47 Å².